The molecule has 0 radical (unpaired) electrons. The minimum atomic E-state index is -0.135. The summed E-state index contributed by atoms with van der Waals surface area (Å²) in [5.41, 5.74) is 5.65. The smallest absolute Gasteiger partial charge is 0.266 e. The van der Waals surface area contributed by atoms with Gasteiger partial charge in [-0.2, -0.15) is 5.10 Å². The fourth-order valence-electron chi connectivity index (χ4n) is 3.03. The van der Waals surface area contributed by atoms with Gasteiger partial charge in [-0.15, -0.1) is 11.3 Å². The number of hydrogen-bond acceptors (Lipinski definition) is 3. The number of hydrazone groups is 1. The lowest BCUT2D eigenvalue weighted by atomic mass is 9.87. The zero-order valence-corrected chi connectivity index (χ0v) is 15.5. The molecule has 126 valence electrons. The van der Waals surface area contributed by atoms with Crippen LogP contribution in [-0.2, 0) is 12.8 Å². The zero-order valence-electron chi connectivity index (χ0n) is 13.9. The highest BCUT2D eigenvalue weighted by atomic mass is 35.5. The molecule has 1 aromatic carbocycles. The quantitative estimate of drug-likeness (QED) is 0.600. The van der Waals surface area contributed by atoms with Crippen LogP contribution < -0.4 is 5.43 Å². The van der Waals surface area contributed by atoms with Gasteiger partial charge in [0.2, 0.25) is 0 Å². The normalized spacial score (nSPS) is 17.5. The van der Waals surface area contributed by atoms with Crippen LogP contribution in [0.25, 0.3) is 0 Å². The van der Waals surface area contributed by atoms with Crippen molar-refractivity contribution in [3.05, 3.63) is 56.2 Å². The Bertz CT molecular complexity index is 781. The average molecular weight is 361 g/mol. The predicted octanol–water partition coefficient (Wildman–Crippen LogP) is 5.07. The molecule has 0 bridgehead atoms. The molecule has 1 aliphatic rings. The lowest BCUT2D eigenvalue weighted by Gasteiger charge is -2.19. The number of halogens is 1. The van der Waals surface area contributed by atoms with Gasteiger partial charge in [0.25, 0.3) is 5.91 Å². The Morgan fingerprint density at radius 2 is 2.25 bits per heavy atom. The number of nitrogens with one attached hydrogen (secondary N) is 1. The Balaban J connectivity index is 1.69. The summed E-state index contributed by atoms with van der Waals surface area (Å²) in [6.45, 7) is 4.10. The van der Waals surface area contributed by atoms with Crippen LogP contribution in [-0.4, -0.2) is 11.6 Å². The lowest BCUT2D eigenvalue weighted by Crippen LogP contribution is -2.18. The fraction of sp³-hybridized carbons (Fsp3) is 0.368. The first-order chi connectivity index (χ1) is 11.6. The Kier molecular flexibility index (Phi) is 5.36. The molecule has 0 aliphatic heterocycles. The first-order valence-electron chi connectivity index (χ1n) is 8.29. The van der Waals surface area contributed by atoms with Crippen LogP contribution in [0.2, 0.25) is 5.02 Å². The molecule has 1 atom stereocenters. The number of carbonyl (C=O) groups excluding carboxylic acids is 1. The predicted molar refractivity (Wildman–Crippen MR) is 101 cm³/mol. The molecule has 2 aromatic rings. The van der Waals surface area contributed by atoms with Gasteiger partial charge in [-0.1, -0.05) is 37.1 Å². The van der Waals surface area contributed by atoms with E-state index >= 15 is 0 Å². The molecular weight excluding hydrogens is 340 g/mol. The molecule has 3 rings (SSSR count). The molecule has 0 saturated heterocycles. The van der Waals surface area contributed by atoms with Gasteiger partial charge >= 0.3 is 0 Å². The maximum Gasteiger partial charge on any atom is 0.281 e. The average Bonchev–Trinajstić information content (AvgIpc) is 3.02. The van der Waals surface area contributed by atoms with E-state index in [4.69, 9.17) is 11.6 Å². The van der Waals surface area contributed by atoms with Crippen molar-refractivity contribution in [3.8, 4) is 0 Å². The van der Waals surface area contributed by atoms with E-state index in [1.165, 1.54) is 23.3 Å². The second-order valence-corrected chi connectivity index (χ2v) is 7.80. The second-order valence-electron chi connectivity index (χ2n) is 6.22. The van der Waals surface area contributed by atoms with Crippen molar-refractivity contribution in [2.45, 2.75) is 39.5 Å². The van der Waals surface area contributed by atoms with Gasteiger partial charge in [-0.05, 0) is 61.4 Å². The maximum absolute atomic E-state index is 12.4. The van der Waals surface area contributed by atoms with Gasteiger partial charge in [0, 0.05) is 9.90 Å². The summed E-state index contributed by atoms with van der Waals surface area (Å²) >= 11 is 7.59. The number of nitrogens with zero attached hydrogens (tertiary/aromatic N) is 1. The summed E-state index contributed by atoms with van der Waals surface area (Å²) in [4.78, 5) is 14.5. The van der Waals surface area contributed by atoms with Crippen molar-refractivity contribution in [1.82, 2.24) is 5.43 Å². The van der Waals surface area contributed by atoms with Crippen molar-refractivity contribution in [2.24, 2.45) is 11.0 Å². The topological polar surface area (TPSA) is 41.5 Å². The van der Waals surface area contributed by atoms with Crippen LogP contribution in [0.5, 0.6) is 0 Å². The zero-order chi connectivity index (χ0) is 17.1. The summed E-state index contributed by atoms with van der Waals surface area (Å²) in [6, 6.07) is 9.49. The van der Waals surface area contributed by atoms with Crippen molar-refractivity contribution in [3.63, 3.8) is 0 Å². The molecule has 3 nitrogen and oxygen atoms in total. The number of amides is 1. The van der Waals surface area contributed by atoms with E-state index in [9.17, 15) is 4.79 Å². The number of carbonyl (C=O) groups is 1. The van der Waals surface area contributed by atoms with Crippen molar-refractivity contribution in [2.75, 3.05) is 0 Å². The van der Waals surface area contributed by atoms with Crippen LogP contribution >= 0.6 is 22.9 Å². The highest BCUT2D eigenvalue weighted by molar-refractivity contribution is 7.14. The minimum Gasteiger partial charge on any atom is -0.266 e. The molecule has 1 aliphatic carbocycles. The van der Waals surface area contributed by atoms with Gasteiger partial charge in [0.1, 0.15) is 0 Å². The van der Waals surface area contributed by atoms with Gasteiger partial charge < -0.3 is 0 Å². The monoisotopic (exact) mass is 360 g/mol. The summed E-state index contributed by atoms with van der Waals surface area (Å²) < 4.78 is 0. The maximum atomic E-state index is 12.4. The third-order valence-electron chi connectivity index (χ3n) is 4.55. The number of rotatable bonds is 4. The number of benzene rings is 1. The Morgan fingerprint density at radius 1 is 1.42 bits per heavy atom. The number of hydrogen-bond donors (Lipinski definition) is 1. The van der Waals surface area contributed by atoms with Gasteiger partial charge in [0.05, 0.1) is 10.6 Å². The summed E-state index contributed by atoms with van der Waals surface area (Å²) in [6.07, 6.45) is 4.63. The van der Waals surface area contributed by atoms with E-state index in [0.29, 0.717) is 5.02 Å². The number of thiophene rings is 1. The molecule has 1 amide bonds. The number of aryl methyl sites for hydroxylation is 1. The van der Waals surface area contributed by atoms with Gasteiger partial charge in [-0.25, -0.2) is 5.43 Å². The van der Waals surface area contributed by atoms with Crippen molar-refractivity contribution < 1.29 is 4.79 Å². The summed E-state index contributed by atoms with van der Waals surface area (Å²) in [7, 11) is 0. The summed E-state index contributed by atoms with van der Waals surface area (Å²) in [5, 5.41) is 4.87. The molecule has 1 aromatic heterocycles. The lowest BCUT2D eigenvalue weighted by molar-refractivity contribution is 0.0959. The Hall–Kier alpha value is -1.65. The Morgan fingerprint density at radius 3 is 3.00 bits per heavy atom. The highest BCUT2D eigenvalue weighted by Crippen LogP contribution is 2.33. The SMILES string of the molecule is CC[C@H]1CCc2sc(C(=O)N/N=C(/C)c3cccc(Cl)c3)cc2C1. The molecule has 0 saturated carbocycles. The Labute approximate surface area is 151 Å². The van der Waals surface area contributed by atoms with Crippen LogP contribution in [0.3, 0.4) is 0 Å². The standard InChI is InChI=1S/C19H21ClN2OS/c1-3-13-7-8-17-15(9-13)11-18(24-17)19(23)22-21-12(2)14-5-4-6-16(20)10-14/h4-6,10-11,13H,3,7-9H2,1-2H3,(H,22,23)/b21-12-/t13-/m0/s1. The van der Waals surface area contributed by atoms with E-state index in [2.05, 4.69) is 17.5 Å². The van der Waals surface area contributed by atoms with Gasteiger partial charge in [-0.3, -0.25) is 4.79 Å². The molecule has 1 heterocycles. The molecule has 0 fully saturated rings. The first-order valence-corrected chi connectivity index (χ1v) is 9.48. The largest absolute Gasteiger partial charge is 0.281 e. The number of fused-ring (bicyclic) bond motifs is 1. The first kappa shape index (κ1) is 17.2. The molecule has 0 spiro atoms. The van der Waals surface area contributed by atoms with E-state index in [1.54, 1.807) is 11.3 Å². The van der Waals surface area contributed by atoms with E-state index in [0.717, 1.165) is 34.9 Å². The molecule has 5 heteroatoms. The molecule has 0 unspecified atom stereocenters. The van der Waals surface area contributed by atoms with Crippen LogP contribution in [0.4, 0.5) is 0 Å². The van der Waals surface area contributed by atoms with Crippen LogP contribution in [0.1, 0.15) is 52.4 Å². The van der Waals surface area contributed by atoms with Crippen molar-refractivity contribution in [1.29, 1.82) is 0 Å². The van der Waals surface area contributed by atoms with E-state index in [-0.39, 0.29) is 5.91 Å². The molecular formula is C19H21ClN2OS. The third kappa shape index (κ3) is 3.87. The minimum absolute atomic E-state index is 0.135. The van der Waals surface area contributed by atoms with Crippen molar-refractivity contribution >= 4 is 34.6 Å². The molecule has 1 N–H and O–H groups in total. The highest BCUT2D eigenvalue weighted by Gasteiger charge is 2.21. The fourth-order valence-corrected chi connectivity index (χ4v) is 4.32. The third-order valence-corrected chi connectivity index (χ3v) is 6.02. The van der Waals surface area contributed by atoms with Crippen LogP contribution in [0.15, 0.2) is 35.4 Å². The van der Waals surface area contributed by atoms with Gasteiger partial charge in [0.15, 0.2) is 0 Å². The molecule has 24 heavy (non-hydrogen) atoms. The van der Waals surface area contributed by atoms with Crippen LogP contribution in [0, 0.1) is 5.92 Å². The van der Waals surface area contributed by atoms with E-state index in [1.807, 2.05) is 37.3 Å². The second kappa shape index (κ2) is 7.49. The van der Waals surface area contributed by atoms with E-state index < -0.39 is 0 Å². The summed E-state index contributed by atoms with van der Waals surface area (Å²) in [5.74, 6) is 0.620.